The van der Waals surface area contributed by atoms with Crippen molar-refractivity contribution in [3.8, 4) is 0 Å². The van der Waals surface area contributed by atoms with Crippen molar-refractivity contribution in [2.24, 2.45) is 11.8 Å². The van der Waals surface area contributed by atoms with Gasteiger partial charge in [-0.25, -0.2) is 4.98 Å². The van der Waals surface area contributed by atoms with Crippen LogP contribution in [0.4, 0.5) is 0 Å². The molecule has 5 nitrogen and oxygen atoms in total. The Labute approximate surface area is 180 Å². The second kappa shape index (κ2) is 8.42. The van der Waals surface area contributed by atoms with Crippen LogP contribution in [0.2, 0.25) is 0 Å². The van der Waals surface area contributed by atoms with Gasteiger partial charge in [-0.15, -0.1) is 11.3 Å². The van der Waals surface area contributed by atoms with Crippen molar-refractivity contribution in [2.75, 3.05) is 13.1 Å². The Bertz CT molecular complexity index is 973. The zero-order valence-electron chi connectivity index (χ0n) is 17.9. The van der Waals surface area contributed by atoms with E-state index in [1.54, 1.807) is 11.3 Å². The van der Waals surface area contributed by atoms with Crippen molar-refractivity contribution >= 4 is 39.2 Å². The summed E-state index contributed by atoms with van der Waals surface area (Å²) in [7, 11) is 0. The van der Waals surface area contributed by atoms with Crippen molar-refractivity contribution in [1.29, 1.82) is 0 Å². The van der Waals surface area contributed by atoms with Crippen LogP contribution in [0.25, 0.3) is 10.2 Å². The molecule has 0 saturated carbocycles. The van der Waals surface area contributed by atoms with E-state index >= 15 is 0 Å². The summed E-state index contributed by atoms with van der Waals surface area (Å²) in [5.41, 5.74) is 1.31. The molecule has 158 valence electrons. The Morgan fingerprint density at radius 1 is 1.28 bits per heavy atom. The number of thiophene rings is 1. The van der Waals surface area contributed by atoms with Gasteiger partial charge in [0.1, 0.15) is 4.83 Å². The average molecular weight is 434 g/mol. The summed E-state index contributed by atoms with van der Waals surface area (Å²) in [6, 6.07) is 0. The second-order valence-electron chi connectivity index (χ2n) is 9.03. The number of fused-ring (bicyclic) bond motifs is 3. The molecule has 0 unspecified atom stereocenters. The van der Waals surface area contributed by atoms with Crippen LogP contribution in [0.5, 0.6) is 0 Å². The van der Waals surface area contributed by atoms with E-state index in [1.807, 2.05) is 16.4 Å². The maximum Gasteiger partial charge on any atom is 0.263 e. The smallest absolute Gasteiger partial charge is 0.263 e. The first-order valence-corrected chi connectivity index (χ1v) is 12.5. The lowest BCUT2D eigenvalue weighted by molar-refractivity contribution is -0.129. The van der Waals surface area contributed by atoms with Crippen LogP contribution in [0.3, 0.4) is 0 Å². The molecule has 29 heavy (non-hydrogen) atoms. The van der Waals surface area contributed by atoms with Crippen LogP contribution in [-0.2, 0) is 24.2 Å². The fourth-order valence-electron chi connectivity index (χ4n) is 4.42. The highest BCUT2D eigenvalue weighted by Crippen LogP contribution is 2.37. The number of rotatable bonds is 5. The molecular weight excluding hydrogens is 402 g/mol. The number of likely N-dealkylation sites (tertiary alicyclic amines) is 1. The van der Waals surface area contributed by atoms with E-state index in [9.17, 15) is 9.59 Å². The molecule has 1 saturated heterocycles. The third kappa shape index (κ3) is 4.13. The number of carbonyl (C=O) groups excluding carboxylic acids is 1. The standard InChI is InChI=1S/C22H31N3O2S2/c1-13(2)12-25-21(27)18-16-8-7-14(3)11-17(16)29-19(18)23-22(25)28-15(4)20(26)24-9-5-6-10-24/h13-15H,5-12H2,1-4H3/t14-,15+/m1/s1. The van der Waals surface area contributed by atoms with Crippen molar-refractivity contribution < 1.29 is 4.79 Å². The van der Waals surface area contributed by atoms with Crippen LogP contribution in [0.15, 0.2) is 9.95 Å². The van der Waals surface area contributed by atoms with Gasteiger partial charge in [-0.3, -0.25) is 14.2 Å². The number of hydrogen-bond acceptors (Lipinski definition) is 5. The lowest BCUT2D eigenvalue weighted by atomic mass is 9.89. The maximum atomic E-state index is 13.5. The second-order valence-corrected chi connectivity index (χ2v) is 11.4. The molecule has 4 rings (SSSR count). The first kappa shape index (κ1) is 20.9. The minimum Gasteiger partial charge on any atom is -0.342 e. The number of aromatic nitrogens is 2. The molecule has 7 heteroatoms. The zero-order chi connectivity index (χ0) is 20.7. The van der Waals surface area contributed by atoms with Gasteiger partial charge in [0.05, 0.1) is 10.6 Å². The molecule has 1 fully saturated rings. The molecule has 3 heterocycles. The lowest BCUT2D eigenvalue weighted by Gasteiger charge is -2.21. The van der Waals surface area contributed by atoms with Crippen molar-refractivity contribution in [3.63, 3.8) is 0 Å². The highest BCUT2D eigenvalue weighted by Gasteiger charge is 2.28. The Kier molecular flexibility index (Phi) is 6.07. The SMILES string of the molecule is CC(C)Cn1c(S[C@@H](C)C(=O)N2CCCC2)nc2sc3c(c2c1=O)CC[C@@H](C)C3. The van der Waals surface area contributed by atoms with Crippen molar-refractivity contribution in [3.05, 3.63) is 20.8 Å². The van der Waals surface area contributed by atoms with E-state index in [1.165, 1.54) is 22.2 Å². The highest BCUT2D eigenvalue weighted by atomic mass is 32.2. The predicted molar refractivity (Wildman–Crippen MR) is 121 cm³/mol. The van der Waals surface area contributed by atoms with Gasteiger partial charge in [-0.05, 0) is 56.4 Å². The van der Waals surface area contributed by atoms with Crippen LogP contribution in [0, 0.1) is 11.8 Å². The van der Waals surface area contributed by atoms with E-state index in [-0.39, 0.29) is 16.7 Å². The number of nitrogens with zero attached hydrogens (tertiary/aromatic N) is 3. The number of amides is 1. The Morgan fingerprint density at radius 2 is 2.00 bits per heavy atom. The zero-order valence-corrected chi connectivity index (χ0v) is 19.5. The van der Waals surface area contributed by atoms with Gasteiger partial charge in [0.2, 0.25) is 5.91 Å². The van der Waals surface area contributed by atoms with Crippen LogP contribution >= 0.6 is 23.1 Å². The Hall–Kier alpha value is -1.34. The first-order chi connectivity index (χ1) is 13.8. The molecule has 1 amide bonds. The van der Waals surface area contributed by atoms with Gasteiger partial charge >= 0.3 is 0 Å². The Balaban J connectivity index is 1.73. The fourth-order valence-corrected chi connectivity index (χ4v) is 6.85. The third-order valence-electron chi connectivity index (χ3n) is 5.98. The van der Waals surface area contributed by atoms with Gasteiger partial charge in [0.25, 0.3) is 5.56 Å². The van der Waals surface area contributed by atoms with Crippen molar-refractivity contribution in [1.82, 2.24) is 14.5 Å². The predicted octanol–water partition coefficient (Wildman–Crippen LogP) is 4.34. The highest BCUT2D eigenvalue weighted by molar-refractivity contribution is 8.00. The molecule has 2 aliphatic rings. The summed E-state index contributed by atoms with van der Waals surface area (Å²) in [6.45, 7) is 10.8. The molecule has 0 spiro atoms. The molecule has 0 bridgehead atoms. The van der Waals surface area contributed by atoms with Crippen LogP contribution in [-0.4, -0.2) is 38.7 Å². The molecule has 1 aliphatic carbocycles. The molecule has 0 N–H and O–H groups in total. The third-order valence-corrected chi connectivity index (χ3v) is 8.20. The molecule has 2 aromatic heterocycles. The number of thioether (sulfide) groups is 1. The molecule has 0 radical (unpaired) electrons. The van der Waals surface area contributed by atoms with E-state index in [0.29, 0.717) is 23.5 Å². The monoisotopic (exact) mass is 433 g/mol. The minimum absolute atomic E-state index is 0.0825. The normalized spacial score (nSPS) is 20.4. The topological polar surface area (TPSA) is 55.2 Å². The van der Waals surface area contributed by atoms with Gasteiger partial charge in [-0.1, -0.05) is 32.5 Å². The summed E-state index contributed by atoms with van der Waals surface area (Å²) in [4.78, 5) is 35.4. The largest absolute Gasteiger partial charge is 0.342 e. The van der Waals surface area contributed by atoms with Gasteiger partial charge < -0.3 is 4.90 Å². The van der Waals surface area contributed by atoms with Crippen LogP contribution < -0.4 is 5.56 Å². The summed E-state index contributed by atoms with van der Waals surface area (Å²) in [5, 5.41) is 1.30. The van der Waals surface area contributed by atoms with Crippen LogP contribution in [0.1, 0.15) is 57.4 Å². The molecule has 2 aromatic rings. The summed E-state index contributed by atoms with van der Waals surface area (Å²) in [6.07, 6.45) is 5.34. The summed E-state index contributed by atoms with van der Waals surface area (Å²) in [5.74, 6) is 1.17. The molecule has 2 atom stereocenters. The fraction of sp³-hybridized carbons (Fsp3) is 0.682. The van der Waals surface area contributed by atoms with Gasteiger partial charge in [-0.2, -0.15) is 0 Å². The summed E-state index contributed by atoms with van der Waals surface area (Å²) < 4.78 is 1.83. The Morgan fingerprint density at radius 3 is 2.69 bits per heavy atom. The van der Waals surface area contributed by atoms with Gasteiger partial charge in [0.15, 0.2) is 5.16 Å². The number of aryl methyl sites for hydroxylation is 1. The quantitative estimate of drug-likeness (QED) is 0.520. The summed E-state index contributed by atoms with van der Waals surface area (Å²) >= 11 is 3.14. The number of carbonyl (C=O) groups is 1. The first-order valence-electron chi connectivity index (χ1n) is 10.9. The maximum absolute atomic E-state index is 13.5. The molecular formula is C22H31N3O2S2. The van der Waals surface area contributed by atoms with E-state index < -0.39 is 0 Å². The van der Waals surface area contributed by atoms with Crippen molar-refractivity contribution in [2.45, 2.75) is 76.8 Å². The van der Waals surface area contributed by atoms with E-state index in [2.05, 4.69) is 20.8 Å². The van der Waals surface area contributed by atoms with E-state index in [0.717, 1.165) is 55.4 Å². The molecule has 1 aliphatic heterocycles. The molecule has 0 aromatic carbocycles. The number of hydrogen-bond donors (Lipinski definition) is 0. The van der Waals surface area contributed by atoms with E-state index in [4.69, 9.17) is 4.98 Å². The average Bonchev–Trinajstić information content (AvgIpc) is 3.31. The minimum atomic E-state index is -0.231. The lowest BCUT2D eigenvalue weighted by Crippen LogP contribution is -2.35. The van der Waals surface area contributed by atoms with Gasteiger partial charge in [0, 0.05) is 24.5 Å².